The second-order valence-corrected chi connectivity index (χ2v) is 10.5. The van der Waals surface area contributed by atoms with Gasteiger partial charge in [-0.05, 0) is 72.4 Å². The van der Waals surface area contributed by atoms with Crippen LogP contribution in [0.2, 0.25) is 0 Å². The number of hydrogen-bond donors (Lipinski definition) is 5. The second kappa shape index (κ2) is 14.4. The van der Waals surface area contributed by atoms with E-state index in [1.165, 1.54) is 18.2 Å². The highest BCUT2D eigenvalue weighted by Gasteiger charge is 2.31. The molecule has 3 heterocycles. The smallest absolute Gasteiger partial charge is 0.267 e. The molecule has 1 unspecified atom stereocenters. The molecule has 0 bridgehead atoms. The van der Waals surface area contributed by atoms with E-state index in [-0.39, 0.29) is 19.3 Å². The number of hydrogen-bond acceptors (Lipinski definition) is 11. The molecule has 0 radical (unpaired) electrons. The molecule has 6 rings (SSSR count). The summed E-state index contributed by atoms with van der Waals surface area (Å²) in [6.45, 7) is 1.77. The Bertz CT molecular complexity index is 1600. The number of nitriles is 3. The lowest BCUT2D eigenvalue weighted by molar-refractivity contribution is -0.127. The number of benzene rings is 3. The Balaban J connectivity index is 0.000000186. The molecule has 3 amide bonds. The predicted molar refractivity (Wildman–Crippen MR) is 164 cm³/mol. The van der Waals surface area contributed by atoms with Gasteiger partial charge in [0.15, 0.2) is 0 Å². The molecule has 3 aliphatic rings. The van der Waals surface area contributed by atoms with Crippen LogP contribution in [0.25, 0.3) is 0 Å². The number of carbonyl (C=O) groups excluding carboxylic acids is 3. The Morgan fingerprint density at radius 2 is 0.913 bits per heavy atom. The minimum Gasteiger partial charge on any atom is -0.320 e. The Kier molecular flexibility index (Phi) is 10.9. The van der Waals surface area contributed by atoms with Gasteiger partial charge >= 0.3 is 0 Å². The van der Waals surface area contributed by atoms with Gasteiger partial charge in [0.2, 0.25) is 0 Å². The van der Waals surface area contributed by atoms with E-state index in [2.05, 4.69) is 0 Å². The van der Waals surface area contributed by atoms with Crippen molar-refractivity contribution in [1.29, 1.82) is 15.8 Å². The number of nitrogens with two attached hydrogens (primary N) is 2. The molecular formula is C32H32N8O6. The molecule has 3 aromatic rings. The Labute approximate surface area is 265 Å². The summed E-state index contributed by atoms with van der Waals surface area (Å²) < 4.78 is 0. The molecule has 0 spiro atoms. The molecule has 3 aliphatic heterocycles. The van der Waals surface area contributed by atoms with Gasteiger partial charge in [0.05, 0.1) is 64.0 Å². The molecule has 3 atom stereocenters. The molecule has 14 nitrogen and oxygen atoms in total. The fraction of sp³-hybridized carbons (Fsp3) is 0.250. The van der Waals surface area contributed by atoms with Crippen LogP contribution in [0.4, 0.5) is 17.1 Å². The third-order valence-electron chi connectivity index (χ3n) is 7.42. The Morgan fingerprint density at radius 1 is 0.609 bits per heavy atom. The van der Waals surface area contributed by atoms with Crippen LogP contribution in [0.3, 0.4) is 0 Å². The van der Waals surface area contributed by atoms with Crippen molar-refractivity contribution in [1.82, 2.24) is 0 Å². The van der Waals surface area contributed by atoms with Gasteiger partial charge in [-0.1, -0.05) is 32.5 Å². The van der Waals surface area contributed by atoms with Crippen molar-refractivity contribution >= 4 is 34.8 Å². The highest BCUT2D eigenvalue weighted by Crippen LogP contribution is 2.30. The van der Waals surface area contributed by atoms with Crippen molar-refractivity contribution in [3.63, 3.8) is 0 Å². The number of carbonyl (C=O) groups is 3. The summed E-state index contributed by atoms with van der Waals surface area (Å²) >= 11 is 0. The summed E-state index contributed by atoms with van der Waals surface area (Å²) in [6.07, 6.45) is 1.38. The third kappa shape index (κ3) is 7.01. The first-order chi connectivity index (χ1) is 21.4. The summed E-state index contributed by atoms with van der Waals surface area (Å²) in [4.78, 5) is 34.2. The van der Waals surface area contributed by atoms with Gasteiger partial charge in [0.1, 0.15) is 0 Å². The molecule has 7 N–H and O–H groups in total. The average molecular weight is 625 g/mol. The van der Waals surface area contributed by atoms with Gasteiger partial charge in [-0.3, -0.25) is 30.0 Å². The lowest BCUT2D eigenvalue weighted by atomic mass is 9.93. The lowest BCUT2D eigenvalue weighted by Gasteiger charge is -2.27. The Hall–Kier alpha value is -5.66. The van der Waals surface area contributed by atoms with Crippen molar-refractivity contribution in [2.24, 2.45) is 17.4 Å². The monoisotopic (exact) mass is 624 g/mol. The second-order valence-electron chi connectivity index (χ2n) is 10.5. The normalized spacial score (nSPS) is 19.2. The van der Waals surface area contributed by atoms with Gasteiger partial charge in [-0.2, -0.15) is 31.0 Å². The molecule has 14 heteroatoms. The molecule has 0 saturated carbocycles. The highest BCUT2D eigenvalue weighted by atomic mass is 16.5. The molecule has 3 aromatic carbocycles. The zero-order chi connectivity index (χ0) is 33.0. The van der Waals surface area contributed by atoms with E-state index in [1.54, 1.807) is 43.3 Å². The van der Waals surface area contributed by atoms with Crippen molar-refractivity contribution in [2.45, 2.75) is 45.7 Å². The number of nitrogens with zero attached hydrogens (tertiary/aromatic N) is 6. The fourth-order valence-electron chi connectivity index (χ4n) is 4.95. The third-order valence-corrected chi connectivity index (χ3v) is 7.42. The van der Waals surface area contributed by atoms with E-state index >= 15 is 0 Å². The average Bonchev–Trinajstić information content (AvgIpc) is 3.05. The van der Waals surface area contributed by atoms with E-state index in [0.717, 1.165) is 16.7 Å². The molecule has 0 fully saturated rings. The SMILES string of the molecule is C.CC1Cc2ccc(C#N)cc2N(O)C1=O.N#Cc1ccc2c(c1)N(O)C(=O)[C@@H](N)C2.N#Cc1ccc2c(c1)N(O)C(=O)[C@H](N)C2. The van der Waals surface area contributed by atoms with Crippen molar-refractivity contribution < 1.29 is 30.0 Å². The molecule has 0 aliphatic carbocycles. The number of fused-ring (bicyclic) bond motifs is 3. The predicted octanol–water partition coefficient (Wildman–Crippen LogP) is 2.44. The van der Waals surface area contributed by atoms with Crippen molar-refractivity contribution in [3.8, 4) is 18.2 Å². The van der Waals surface area contributed by atoms with Gasteiger partial charge in [-0.25, -0.2) is 0 Å². The molecule has 0 saturated heterocycles. The van der Waals surface area contributed by atoms with Crippen LogP contribution >= 0.6 is 0 Å². The maximum Gasteiger partial charge on any atom is 0.267 e. The maximum atomic E-state index is 11.5. The fourth-order valence-corrected chi connectivity index (χ4v) is 4.95. The number of anilines is 3. The van der Waals surface area contributed by atoms with E-state index in [4.69, 9.17) is 27.3 Å². The molecule has 236 valence electrons. The zero-order valence-corrected chi connectivity index (χ0v) is 24.0. The summed E-state index contributed by atoms with van der Waals surface area (Å²) in [6, 6.07) is 19.0. The van der Waals surface area contributed by atoms with Crippen LogP contribution in [0, 0.1) is 39.9 Å². The zero-order valence-electron chi connectivity index (χ0n) is 24.0. The van der Waals surface area contributed by atoms with Gasteiger partial charge in [-0.15, -0.1) is 0 Å². The topological polar surface area (TPSA) is 245 Å². The van der Waals surface area contributed by atoms with Crippen molar-refractivity contribution in [3.05, 3.63) is 88.0 Å². The van der Waals surface area contributed by atoms with E-state index in [0.29, 0.717) is 68.2 Å². The van der Waals surface area contributed by atoms with E-state index in [9.17, 15) is 30.0 Å². The summed E-state index contributed by atoms with van der Waals surface area (Å²) in [5, 5.41) is 56.4. The van der Waals surface area contributed by atoms with Gasteiger partial charge < -0.3 is 11.5 Å². The van der Waals surface area contributed by atoms with Crippen LogP contribution in [0.5, 0.6) is 0 Å². The molecule has 0 aromatic heterocycles. The van der Waals surface area contributed by atoms with Gasteiger partial charge in [0, 0.05) is 5.92 Å². The van der Waals surface area contributed by atoms with Crippen molar-refractivity contribution in [2.75, 3.05) is 15.2 Å². The van der Waals surface area contributed by atoms with Crippen LogP contribution in [-0.2, 0) is 33.6 Å². The van der Waals surface area contributed by atoms with Crippen LogP contribution in [0.15, 0.2) is 54.6 Å². The Morgan fingerprint density at radius 3 is 1.24 bits per heavy atom. The first-order valence-corrected chi connectivity index (χ1v) is 13.6. The molecular weight excluding hydrogens is 592 g/mol. The minimum atomic E-state index is -0.713. The lowest BCUT2D eigenvalue weighted by Crippen LogP contribution is -2.47. The largest absolute Gasteiger partial charge is 0.320 e. The maximum absolute atomic E-state index is 11.5. The number of hydroxylamine groups is 3. The summed E-state index contributed by atoms with van der Waals surface area (Å²) in [5.41, 5.74) is 15.9. The number of rotatable bonds is 0. The minimum absolute atomic E-state index is 0. The summed E-state index contributed by atoms with van der Waals surface area (Å²) in [5.74, 6) is -1.62. The summed E-state index contributed by atoms with van der Waals surface area (Å²) in [7, 11) is 0. The number of amides is 3. The standard InChI is InChI=1S/C11H10N2O2.2C10H9N3O2.CH4/c1-7-4-9-3-2-8(6-12)5-10(9)13(15)11(7)14;2*11-5-6-1-2-7-4-8(12)10(14)13(15)9(7)3-6;/h2-3,5,7,15H,4H2,1H3;2*1-3,8,15H,4,12H2;1H4/t;2*8-;/m.10./s1. The van der Waals surface area contributed by atoms with Crippen LogP contribution < -0.4 is 26.7 Å². The van der Waals surface area contributed by atoms with Crippen LogP contribution in [0.1, 0.15) is 47.7 Å². The quantitative estimate of drug-likeness (QED) is 0.227. The molecule has 46 heavy (non-hydrogen) atoms. The van der Waals surface area contributed by atoms with Crippen LogP contribution in [-0.4, -0.2) is 45.4 Å². The highest BCUT2D eigenvalue weighted by molar-refractivity contribution is 5.99. The van der Waals surface area contributed by atoms with E-state index in [1.807, 2.05) is 18.2 Å². The van der Waals surface area contributed by atoms with Gasteiger partial charge in [0.25, 0.3) is 17.7 Å². The van der Waals surface area contributed by atoms with E-state index < -0.39 is 23.9 Å². The first kappa shape index (κ1) is 34.8. The first-order valence-electron chi connectivity index (χ1n) is 13.6.